The maximum absolute atomic E-state index is 12.9. The normalized spacial score (nSPS) is 11.5. The number of aromatic nitrogens is 2. The van der Waals surface area contributed by atoms with E-state index in [1.165, 1.54) is 6.07 Å². The molecule has 0 unspecified atom stereocenters. The Balaban J connectivity index is 1.63. The van der Waals surface area contributed by atoms with Crippen LogP contribution in [0.4, 0.5) is 24.5 Å². The van der Waals surface area contributed by atoms with Gasteiger partial charge in [-0.15, -0.1) is 0 Å². The van der Waals surface area contributed by atoms with Crippen molar-refractivity contribution in [1.82, 2.24) is 10.2 Å². The number of nitrogens with zero attached hydrogens (tertiary/aromatic N) is 1. The Morgan fingerprint density at radius 3 is 2.32 bits per heavy atom. The molecule has 1 heterocycles. The molecule has 0 fully saturated rings. The largest absolute Gasteiger partial charge is 0.417 e. The lowest BCUT2D eigenvalue weighted by Gasteiger charge is -2.12. The molecule has 0 aliphatic rings. The van der Waals surface area contributed by atoms with Crippen LogP contribution in [0.2, 0.25) is 5.02 Å². The molecule has 0 radical (unpaired) electrons. The zero-order valence-electron chi connectivity index (χ0n) is 14.4. The second kappa shape index (κ2) is 7.51. The van der Waals surface area contributed by atoms with E-state index in [1.54, 1.807) is 18.2 Å². The van der Waals surface area contributed by atoms with E-state index in [1.807, 2.05) is 6.92 Å². The molecule has 10 heteroatoms. The van der Waals surface area contributed by atoms with Crippen molar-refractivity contribution < 1.29 is 22.8 Å². The first kappa shape index (κ1) is 19.7. The molecule has 28 heavy (non-hydrogen) atoms. The summed E-state index contributed by atoms with van der Waals surface area (Å²) in [4.78, 5) is 24.0. The molecule has 0 saturated heterocycles. The molecule has 146 valence electrons. The van der Waals surface area contributed by atoms with E-state index in [4.69, 9.17) is 11.6 Å². The number of fused-ring (bicyclic) bond motifs is 1. The number of H-pyrrole nitrogens is 1. The smallest absolute Gasteiger partial charge is 0.326 e. The van der Waals surface area contributed by atoms with Crippen molar-refractivity contribution in [3.8, 4) is 0 Å². The maximum atomic E-state index is 12.9. The standard InChI is InChI=1S/C18H14ClF3N4O2/c1-9-12-4-2-11(7-15(12)26-25-9)24-17(28)8-16(27)23-10-3-5-14(19)13(6-10)18(20,21)22/h2-7H,8H2,1H3,(H,23,27)(H,24,28)(H,25,26). The second-order valence-electron chi connectivity index (χ2n) is 6.05. The first-order valence-electron chi connectivity index (χ1n) is 8.04. The lowest BCUT2D eigenvalue weighted by atomic mass is 10.2. The number of carbonyl (C=O) groups is 2. The van der Waals surface area contributed by atoms with E-state index < -0.39 is 35.0 Å². The van der Waals surface area contributed by atoms with E-state index in [9.17, 15) is 22.8 Å². The summed E-state index contributed by atoms with van der Waals surface area (Å²) in [6, 6.07) is 8.05. The number of halogens is 4. The van der Waals surface area contributed by atoms with Crippen molar-refractivity contribution in [2.75, 3.05) is 10.6 Å². The minimum absolute atomic E-state index is 0.108. The molecule has 1 aromatic heterocycles. The zero-order valence-corrected chi connectivity index (χ0v) is 15.2. The molecule has 3 rings (SSSR count). The van der Waals surface area contributed by atoms with Gasteiger partial charge in [0.1, 0.15) is 6.42 Å². The summed E-state index contributed by atoms with van der Waals surface area (Å²) in [5.41, 5.74) is 0.804. The van der Waals surface area contributed by atoms with Gasteiger partial charge in [-0.1, -0.05) is 11.6 Å². The van der Waals surface area contributed by atoms with Crippen LogP contribution in [0.1, 0.15) is 17.7 Å². The van der Waals surface area contributed by atoms with Gasteiger partial charge in [-0.05, 0) is 43.3 Å². The topological polar surface area (TPSA) is 86.9 Å². The monoisotopic (exact) mass is 410 g/mol. The molecule has 0 spiro atoms. The number of nitrogens with one attached hydrogen (secondary N) is 3. The minimum atomic E-state index is -4.65. The van der Waals surface area contributed by atoms with Gasteiger partial charge in [-0.3, -0.25) is 14.7 Å². The third-order valence-electron chi connectivity index (χ3n) is 3.91. The summed E-state index contributed by atoms with van der Waals surface area (Å²) in [5, 5.41) is 12.1. The van der Waals surface area contributed by atoms with Crippen LogP contribution in [0, 0.1) is 6.92 Å². The first-order chi connectivity index (χ1) is 13.1. The lowest BCUT2D eigenvalue weighted by molar-refractivity contribution is -0.137. The van der Waals surface area contributed by atoms with Crippen molar-refractivity contribution in [2.24, 2.45) is 0 Å². The number of alkyl halides is 3. The number of rotatable bonds is 4. The lowest BCUT2D eigenvalue weighted by Crippen LogP contribution is -2.21. The predicted octanol–water partition coefficient (Wildman–Crippen LogP) is 4.51. The minimum Gasteiger partial charge on any atom is -0.326 e. The Morgan fingerprint density at radius 2 is 1.68 bits per heavy atom. The zero-order chi connectivity index (χ0) is 20.5. The fourth-order valence-corrected chi connectivity index (χ4v) is 2.82. The second-order valence-corrected chi connectivity index (χ2v) is 6.45. The van der Waals surface area contributed by atoms with Gasteiger partial charge in [-0.25, -0.2) is 0 Å². The van der Waals surface area contributed by atoms with E-state index in [0.717, 1.165) is 17.1 Å². The highest BCUT2D eigenvalue weighted by Crippen LogP contribution is 2.36. The fraction of sp³-hybridized carbons (Fsp3) is 0.167. The Kier molecular flexibility index (Phi) is 5.28. The highest BCUT2D eigenvalue weighted by molar-refractivity contribution is 6.31. The van der Waals surface area contributed by atoms with Crippen LogP contribution < -0.4 is 10.6 Å². The van der Waals surface area contributed by atoms with Gasteiger partial charge >= 0.3 is 6.18 Å². The van der Waals surface area contributed by atoms with Gasteiger partial charge in [0.25, 0.3) is 0 Å². The van der Waals surface area contributed by atoms with E-state index >= 15 is 0 Å². The fourth-order valence-electron chi connectivity index (χ4n) is 2.60. The molecule has 0 aliphatic heterocycles. The predicted molar refractivity (Wildman–Crippen MR) is 99.2 cm³/mol. The number of aromatic amines is 1. The Hall–Kier alpha value is -3.07. The summed E-state index contributed by atoms with van der Waals surface area (Å²) in [6.07, 6.45) is -5.22. The third-order valence-corrected chi connectivity index (χ3v) is 4.24. The molecule has 3 aromatic rings. The molecular formula is C18H14ClF3N4O2. The number of carbonyl (C=O) groups excluding carboxylic acids is 2. The molecule has 3 N–H and O–H groups in total. The highest BCUT2D eigenvalue weighted by Gasteiger charge is 2.33. The van der Waals surface area contributed by atoms with E-state index in [-0.39, 0.29) is 5.69 Å². The molecule has 2 amide bonds. The van der Waals surface area contributed by atoms with Crippen molar-refractivity contribution in [3.63, 3.8) is 0 Å². The van der Waals surface area contributed by atoms with Crippen LogP contribution in [0.25, 0.3) is 10.9 Å². The SMILES string of the molecule is Cc1[nH]nc2cc(NC(=O)CC(=O)Nc3ccc(Cl)c(C(F)(F)F)c3)ccc12. The third kappa shape index (κ3) is 4.42. The number of anilines is 2. The summed E-state index contributed by atoms with van der Waals surface area (Å²) in [7, 11) is 0. The Labute approximate surface area is 162 Å². The van der Waals surface area contributed by atoms with Gasteiger partial charge < -0.3 is 10.6 Å². The molecule has 0 bridgehead atoms. The summed E-state index contributed by atoms with van der Waals surface area (Å²) in [5.74, 6) is -1.38. The van der Waals surface area contributed by atoms with Gasteiger partial charge in [0.15, 0.2) is 0 Å². The summed E-state index contributed by atoms with van der Waals surface area (Å²) < 4.78 is 38.6. The molecule has 6 nitrogen and oxygen atoms in total. The maximum Gasteiger partial charge on any atom is 0.417 e. The first-order valence-corrected chi connectivity index (χ1v) is 8.42. The number of benzene rings is 2. The molecule has 2 aromatic carbocycles. The summed E-state index contributed by atoms with van der Waals surface area (Å²) in [6.45, 7) is 1.86. The van der Waals surface area contributed by atoms with Gasteiger partial charge in [0, 0.05) is 22.5 Å². The van der Waals surface area contributed by atoms with Crippen LogP contribution in [-0.2, 0) is 15.8 Å². The van der Waals surface area contributed by atoms with Crippen LogP contribution in [0.15, 0.2) is 36.4 Å². The van der Waals surface area contributed by atoms with Gasteiger partial charge in [-0.2, -0.15) is 18.3 Å². The van der Waals surface area contributed by atoms with Crippen molar-refractivity contribution in [1.29, 1.82) is 0 Å². The Morgan fingerprint density at radius 1 is 1.07 bits per heavy atom. The van der Waals surface area contributed by atoms with E-state index in [2.05, 4.69) is 20.8 Å². The number of hydrogen-bond acceptors (Lipinski definition) is 3. The number of aryl methyl sites for hydroxylation is 1. The molecule has 0 aliphatic carbocycles. The van der Waals surface area contributed by atoms with Crippen LogP contribution in [0.3, 0.4) is 0 Å². The number of hydrogen-bond donors (Lipinski definition) is 3. The average molecular weight is 411 g/mol. The molecular weight excluding hydrogens is 397 g/mol. The molecule has 0 atom stereocenters. The average Bonchev–Trinajstić information content (AvgIpc) is 2.96. The highest BCUT2D eigenvalue weighted by atomic mass is 35.5. The van der Waals surface area contributed by atoms with Gasteiger partial charge in [0.2, 0.25) is 11.8 Å². The van der Waals surface area contributed by atoms with Gasteiger partial charge in [0.05, 0.1) is 16.1 Å². The van der Waals surface area contributed by atoms with Crippen LogP contribution >= 0.6 is 11.6 Å². The van der Waals surface area contributed by atoms with Crippen molar-refractivity contribution in [3.05, 3.63) is 52.7 Å². The van der Waals surface area contributed by atoms with E-state index in [0.29, 0.717) is 17.3 Å². The summed E-state index contributed by atoms with van der Waals surface area (Å²) >= 11 is 5.53. The van der Waals surface area contributed by atoms with Crippen molar-refractivity contribution in [2.45, 2.75) is 19.5 Å². The number of amides is 2. The van der Waals surface area contributed by atoms with Crippen molar-refractivity contribution >= 4 is 45.7 Å². The quantitative estimate of drug-likeness (QED) is 0.553. The molecule has 0 saturated carbocycles. The Bertz CT molecular complexity index is 1060. The van der Waals surface area contributed by atoms with Crippen LogP contribution in [-0.4, -0.2) is 22.0 Å². The van der Waals surface area contributed by atoms with Crippen LogP contribution in [0.5, 0.6) is 0 Å².